The Hall–Kier alpha value is 1.22. The molecule has 0 aromatic carbocycles. The first kappa shape index (κ1) is 12.2. The van der Waals surface area contributed by atoms with Crippen molar-refractivity contribution in [2.24, 2.45) is 0 Å². The van der Waals surface area contributed by atoms with Gasteiger partial charge in [0.1, 0.15) is 16.5 Å². The van der Waals surface area contributed by atoms with Crippen molar-refractivity contribution < 1.29 is 0 Å². The summed E-state index contributed by atoms with van der Waals surface area (Å²) in [6.45, 7) is 14.3. The minimum absolute atomic E-state index is 1.11. The van der Waals surface area contributed by atoms with Gasteiger partial charge in [-0.05, 0) is 10.4 Å². The molecular formula is C6H18BrNSSi2. The van der Waals surface area contributed by atoms with Crippen molar-refractivity contribution in [1.82, 2.24) is 3.64 Å². The lowest BCUT2D eigenvalue weighted by Gasteiger charge is -2.40. The van der Waals surface area contributed by atoms with Gasteiger partial charge in [-0.15, -0.1) is 0 Å². The van der Waals surface area contributed by atoms with Crippen molar-refractivity contribution in [3.63, 3.8) is 0 Å². The van der Waals surface area contributed by atoms with Crippen LogP contribution in [-0.4, -0.2) is 20.1 Å². The molecule has 0 amide bonds. The van der Waals surface area contributed by atoms with Gasteiger partial charge < -0.3 is 0 Å². The Morgan fingerprint density at radius 1 is 0.909 bits per heavy atom. The van der Waals surface area contributed by atoms with Gasteiger partial charge >= 0.3 is 0 Å². The zero-order valence-electron chi connectivity index (χ0n) is 8.23. The summed E-state index contributed by atoms with van der Waals surface area (Å²) in [5.74, 6) is 0. The summed E-state index contributed by atoms with van der Waals surface area (Å²) in [6, 6.07) is 0. The first-order valence-electron chi connectivity index (χ1n) is 3.78. The van der Waals surface area contributed by atoms with Gasteiger partial charge in [0.2, 0.25) is 0 Å². The highest BCUT2D eigenvalue weighted by molar-refractivity contribution is 9.49. The predicted molar refractivity (Wildman–Crippen MR) is 65.0 cm³/mol. The topological polar surface area (TPSA) is 3.24 Å². The SMILES string of the molecule is C[Si](C)(C)N(SBr)[Si](C)(C)C. The van der Waals surface area contributed by atoms with Crippen LogP contribution in [0.3, 0.4) is 0 Å². The average molecular weight is 272 g/mol. The molecule has 1 nitrogen and oxygen atoms in total. The summed E-state index contributed by atoms with van der Waals surface area (Å²) in [4.78, 5) is 0. The fraction of sp³-hybridized carbons (Fsp3) is 1.00. The van der Waals surface area contributed by atoms with E-state index in [1.807, 2.05) is 0 Å². The number of hydrogen-bond acceptors (Lipinski definition) is 2. The quantitative estimate of drug-likeness (QED) is 0.566. The summed E-state index contributed by atoms with van der Waals surface area (Å²) in [5.41, 5.74) is 0. The summed E-state index contributed by atoms with van der Waals surface area (Å²) < 4.78 is 2.61. The molecule has 11 heavy (non-hydrogen) atoms. The molecule has 5 heteroatoms. The number of halogens is 1. The Morgan fingerprint density at radius 2 is 1.18 bits per heavy atom. The number of rotatable bonds is 3. The maximum absolute atomic E-state index is 3.50. The minimum Gasteiger partial charge on any atom is -0.284 e. The monoisotopic (exact) mass is 271 g/mol. The molecule has 0 radical (unpaired) electrons. The molecule has 0 N–H and O–H groups in total. The van der Waals surface area contributed by atoms with Crippen LogP contribution < -0.4 is 0 Å². The molecule has 0 saturated carbocycles. The van der Waals surface area contributed by atoms with Crippen LogP contribution in [0.4, 0.5) is 0 Å². The molecule has 0 saturated heterocycles. The molecule has 68 valence electrons. The highest BCUT2D eigenvalue weighted by Gasteiger charge is 2.34. The first-order chi connectivity index (χ1) is 4.69. The van der Waals surface area contributed by atoms with Gasteiger partial charge in [0.25, 0.3) is 0 Å². The fourth-order valence-corrected chi connectivity index (χ4v) is 18.7. The molecule has 0 bridgehead atoms. The van der Waals surface area contributed by atoms with Crippen LogP contribution in [0.25, 0.3) is 0 Å². The minimum atomic E-state index is -1.11. The van der Waals surface area contributed by atoms with Crippen LogP contribution in [0.1, 0.15) is 0 Å². The predicted octanol–water partition coefficient (Wildman–Crippen LogP) is 3.92. The molecule has 0 rings (SSSR count). The Kier molecular flexibility index (Phi) is 4.39. The van der Waals surface area contributed by atoms with Crippen LogP contribution in [-0.2, 0) is 0 Å². The van der Waals surface area contributed by atoms with Crippen LogP contribution in [0.15, 0.2) is 0 Å². The Balaban J connectivity index is 4.43. The van der Waals surface area contributed by atoms with Gasteiger partial charge in [0.15, 0.2) is 0 Å². The largest absolute Gasteiger partial charge is 0.284 e. The Labute approximate surface area is 84.4 Å². The molecule has 0 aliphatic rings. The highest BCUT2D eigenvalue weighted by atomic mass is 79.9. The van der Waals surface area contributed by atoms with Crippen molar-refractivity contribution in [2.75, 3.05) is 0 Å². The zero-order chi connectivity index (χ0) is 9.28. The number of hydrogen-bond donors (Lipinski definition) is 0. The third-order valence-corrected chi connectivity index (χ3v) is 14.2. The summed E-state index contributed by atoms with van der Waals surface area (Å²) in [7, 11) is -0.469. The van der Waals surface area contributed by atoms with Gasteiger partial charge in [0, 0.05) is 14.8 Å². The second-order valence-corrected chi connectivity index (χ2v) is 16.8. The van der Waals surface area contributed by atoms with Gasteiger partial charge in [0.05, 0.1) is 0 Å². The van der Waals surface area contributed by atoms with E-state index in [4.69, 9.17) is 0 Å². The van der Waals surface area contributed by atoms with E-state index in [1.54, 1.807) is 10.4 Å². The lowest BCUT2D eigenvalue weighted by atomic mass is 11.8. The van der Waals surface area contributed by atoms with Crippen LogP contribution >= 0.6 is 25.2 Å². The second-order valence-electron chi connectivity index (χ2n) is 4.71. The summed E-state index contributed by atoms with van der Waals surface area (Å²) >= 11 is 3.50. The zero-order valence-corrected chi connectivity index (χ0v) is 12.6. The van der Waals surface area contributed by atoms with E-state index in [2.05, 4.69) is 57.7 Å². The Bertz CT molecular complexity index is 116. The van der Waals surface area contributed by atoms with E-state index in [1.165, 1.54) is 0 Å². The van der Waals surface area contributed by atoms with Gasteiger partial charge in [-0.3, -0.25) is 3.64 Å². The van der Waals surface area contributed by atoms with Crippen LogP contribution in [0.2, 0.25) is 39.3 Å². The van der Waals surface area contributed by atoms with Crippen molar-refractivity contribution >= 4 is 41.7 Å². The molecule has 0 fully saturated rings. The molecule has 0 atom stereocenters. The molecular weight excluding hydrogens is 254 g/mol. The third kappa shape index (κ3) is 4.12. The van der Waals surface area contributed by atoms with Crippen LogP contribution in [0.5, 0.6) is 0 Å². The molecule has 0 unspecified atom stereocenters. The molecule has 0 aromatic rings. The van der Waals surface area contributed by atoms with Crippen LogP contribution in [0, 0.1) is 0 Å². The average Bonchev–Trinajstić information content (AvgIpc) is 1.56. The van der Waals surface area contributed by atoms with Crippen molar-refractivity contribution in [3.05, 3.63) is 0 Å². The maximum Gasteiger partial charge on any atom is 0.124 e. The molecule has 0 aliphatic heterocycles. The highest BCUT2D eigenvalue weighted by Crippen LogP contribution is 2.31. The lowest BCUT2D eigenvalue weighted by Crippen LogP contribution is -2.54. The van der Waals surface area contributed by atoms with E-state index in [9.17, 15) is 0 Å². The van der Waals surface area contributed by atoms with Crippen molar-refractivity contribution in [3.8, 4) is 0 Å². The first-order valence-corrected chi connectivity index (χ1v) is 13.3. The van der Waals surface area contributed by atoms with Gasteiger partial charge in [-0.2, -0.15) is 0 Å². The maximum atomic E-state index is 3.50. The summed E-state index contributed by atoms with van der Waals surface area (Å²) in [5, 5.41) is 0. The van der Waals surface area contributed by atoms with E-state index < -0.39 is 16.5 Å². The fourth-order valence-electron chi connectivity index (χ4n) is 1.21. The third-order valence-electron chi connectivity index (χ3n) is 1.29. The van der Waals surface area contributed by atoms with Crippen molar-refractivity contribution in [2.45, 2.75) is 39.3 Å². The van der Waals surface area contributed by atoms with E-state index >= 15 is 0 Å². The second kappa shape index (κ2) is 3.95. The Morgan fingerprint density at radius 3 is 1.18 bits per heavy atom. The lowest BCUT2D eigenvalue weighted by molar-refractivity contribution is 1.01. The molecule has 0 aromatic heterocycles. The van der Waals surface area contributed by atoms with E-state index in [0.717, 1.165) is 0 Å². The standard InChI is InChI=1S/C6H18BrNSSi2/c1-10(2,3)8(9-7)11(4,5)6/h1-6H3. The smallest absolute Gasteiger partial charge is 0.124 e. The normalized spacial score (nSPS) is 14.2. The molecule has 0 spiro atoms. The number of nitrogens with zero attached hydrogens (tertiary/aromatic N) is 1. The van der Waals surface area contributed by atoms with Crippen molar-refractivity contribution in [1.29, 1.82) is 0 Å². The summed E-state index contributed by atoms with van der Waals surface area (Å²) in [6.07, 6.45) is 0. The van der Waals surface area contributed by atoms with E-state index in [-0.39, 0.29) is 0 Å². The van der Waals surface area contributed by atoms with Gasteiger partial charge in [-0.1, -0.05) is 39.3 Å². The molecule has 0 aliphatic carbocycles. The van der Waals surface area contributed by atoms with Gasteiger partial charge in [-0.25, -0.2) is 0 Å². The molecule has 0 heterocycles. The van der Waals surface area contributed by atoms with E-state index in [0.29, 0.717) is 0 Å².